The maximum absolute atomic E-state index is 12.4. The Balaban J connectivity index is 2.12. The summed E-state index contributed by atoms with van der Waals surface area (Å²) in [5.41, 5.74) is 1.89. The Morgan fingerprint density at radius 1 is 1.28 bits per heavy atom. The smallest absolute Gasteiger partial charge is 0.220 e. The van der Waals surface area contributed by atoms with E-state index >= 15 is 0 Å². The van der Waals surface area contributed by atoms with Gasteiger partial charge in [0.2, 0.25) is 5.91 Å². The van der Waals surface area contributed by atoms with Crippen molar-refractivity contribution < 1.29 is 13.2 Å². The van der Waals surface area contributed by atoms with Gasteiger partial charge in [0.15, 0.2) is 9.84 Å². The molecule has 2 rings (SSSR count). The standard InChI is InChI=1S/C18H22BrNO3S2/c1-12-4-6-14(7-5-12)18(13(2)25(3,22)23)20-17(21)9-8-16-10-15(19)11-24-16/h4-7,10-11,13,18H,8-9H2,1-3H3,(H,20,21)/t13-,18-/m0/s1. The fourth-order valence-electron chi connectivity index (χ4n) is 2.46. The van der Waals surface area contributed by atoms with Crippen LogP contribution in [0.3, 0.4) is 0 Å². The second-order valence-corrected chi connectivity index (χ2v) is 10.5. The lowest BCUT2D eigenvalue weighted by molar-refractivity contribution is -0.121. The summed E-state index contributed by atoms with van der Waals surface area (Å²) in [6.45, 7) is 3.60. The number of benzene rings is 1. The van der Waals surface area contributed by atoms with Crippen LogP contribution < -0.4 is 5.32 Å². The van der Waals surface area contributed by atoms with Crippen LogP contribution in [0.2, 0.25) is 0 Å². The third kappa shape index (κ3) is 5.94. The Labute approximate surface area is 161 Å². The predicted octanol–water partition coefficient (Wildman–Crippen LogP) is 4.04. The number of hydrogen-bond donors (Lipinski definition) is 1. The van der Waals surface area contributed by atoms with E-state index in [-0.39, 0.29) is 5.91 Å². The van der Waals surface area contributed by atoms with Crippen LogP contribution >= 0.6 is 27.3 Å². The number of rotatable bonds is 7. The van der Waals surface area contributed by atoms with E-state index in [1.54, 1.807) is 18.3 Å². The topological polar surface area (TPSA) is 63.2 Å². The molecule has 0 unspecified atom stereocenters. The van der Waals surface area contributed by atoms with Crippen molar-refractivity contribution >= 4 is 43.0 Å². The zero-order valence-corrected chi connectivity index (χ0v) is 17.7. The van der Waals surface area contributed by atoms with Crippen LogP contribution in [-0.2, 0) is 21.1 Å². The summed E-state index contributed by atoms with van der Waals surface area (Å²) in [6, 6.07) is 9.03. The van der Waals surface area contributed by atoms with Crippen LogP contribution in [0.5, 0.6) is 0 Å². The number of carbonyl (C=O) groups excluding carboxylic acids is 1. The van der Waals surface area contributed by atoms with Gasteiger partial charge < -0.3 is 5.32 Å². The van der Waals surface area contributed by atoms with Gasteiger partial charge in [0.25, 0.3) is 0 Å². The summed E-state index contributed by atoms with van der Waals surface area (Å²) in [5.74, 6) is -0.148. The molecule has 0 fully saturated rings. The first-order valence-corrected chi connectivity index (χ1v) is 11.6. The van der Waals surface area contributed by atoms with Crippen molar-refractivity contribution in [3.63, 3.8) is 0 Å². The van der Waals surface area contributed by atoms with Crippen molar-refractivity contribution in [2.24, 2.45) is 0 Å². The van der Waals surface area contributed by atoms with E-state index in [9.17, 15) is 13.2 Å². The fourth-order valence-corrected chi connectivity index (χ4v) is 4.63. The average molecular weight is 444 g/mol. The lowest BCUT2D eigenvalue weighted by Gasteiger charge is -2.24. The summed E-state index contributed by atoms with van der Waals surface area (Å²) >= 11 is 5.00. The molecule has 0 saturated carbocycles. The van der Waals surface area contributed by atoms with Gasteiger partial charge in [-0.1, -0.05) is 29.8 Å². The number of hydrogen-bond acceptors (Lipinski definition) is 4. The van der Waals surface area contributed by atoms with Gasteiger partial charge in [-0.15, -0.1) is 11.3 Å². The molecule has 1 aromatic carbocycles. The number of carbonyl (C=O) groups is 1. The van der Waals surface area contributed by atoms with Crippen molar-refractivity contribution in [3.8, 4) is 0 Å². The van der Waals surface area contributed by atoms with Gasteiger partial charge in [-0.2, -0.15) is 0 Å². The number of aryl methyl sites for hydroxylation is 2. The molecule has 0 aliphatic rings. The Morgan fingerprint density at radius 3 is 2.44 bits per heavy atom. The summed E-state index contributed by atoms with van der Waals surface area (Å²) in [5, 5.41) is 4.19. The van der Waals surface area contributed by atoms with E-state index in [1.165, 1.54) is 6.26 Å². The van der Waals surface area contributed by atoms with E-state index in [0.29, 0.717) is 12.8 Å². The van der Waals surface area contributed by atoms with Crippen LogP contribution in [0.4, 0.5) is 0 Å². The van der Waals surface area contributed by atoms with Crippen molar-refractivity contribution in [1.29, 1.82) is 0 Å². The summed E-state index contributed by atoms with van der Waals surface area (Å²) in [7, 11) is -3.29. The fraction of sp³-hybridized carbons (Fsp3) is 0.389. The molecular weight excluding hydrogens is 422 g/mol. The molecular formula is C18H22BrNO3S2. The molecule has 2 aromatic rings. The van der Waals surface area contributed by atoms with Gasteiger partial charge in [0.1, 0.15) is 0 Å². The molecule has 0 aliphatic carbocycles. The molecule has 25 heavy (non-hydrogen) atoms. The number of amides is 1. The number of sulfone groups is 1. The predicted molar refractivity (Wildman–Crippen MR) is 107 cm³/mol. The molecule has 1 heterocycles. The van der Waals surface area contributed by atoms with Gasteiger partial charge >= 0.3 is 0 Å². The lowest BCUT2D eigenvalue weighted by Crippen LogP contribution is -2.38. The normalized spacial score (nSPS) is 14.1. The zero-order chi connectivity index (χ0) is 18.6. The summed E-state index contributed by atoms with van der Waals surface area (Å²) in [6.07, 6.45) is 2.16. The molecule has 7 heteroatoms. The first kappa shape index (κ1) is 20.1. The van der Waals surface area contributed by atoms with Crippen LogP contribution in [0.15, 0.2) is 40.2 Å². The van der Waals surface area contributed by atoms with Crippen molar-refractivity contribution in [3.05, 3.63) is 56.2 Å². The van der Waals surface area contributed by atoms with Crippen LogP contribution in [-0.4, -0.2) is 25.8 Å². The molecule has 0 spiro atoms. The average Bonchev–Trinajstić information content (AvgIpc) is 2.95. The van der Waals surface area contributed by atoms with Gasteiger partial charge in [0.05, 0.1) is 11.3 Å². The van der Waals surface area contributed by atoms with E-state index in [2.05, 4.69) is 21.2 Å². The molecule has 2 atom stereocenters. The second kappa shape index (κ2) is 8.47. The zero-order valence-electron chi connectivity index (χ0n) is 14.5. The molecule has 4 nitrogen and oxygen atoms in total. The van der Waals surface area contributed by atoms with E-state index in [0.717, 1.165) is 20.5 Å². The minimum absolute atomic E-state index is 0.148. The highest BCUT2D eigenvalue weighted by molar-refractivity contribution is 9.10. The maximum atomic E-state index is 12.4. The van der Waals surface area contributed by atoms with E-state index in [4.69, 9.17) is 0 Å². The first-order chi connectivity index (χ1) is 11.7. The Morgan fingerprint density at radius 2 is 1.92 bits per heavy atom. The molecule has 136 valence electrons. The minimum atomic E-state index is -3.29. The third-order valence-electron chi connectivity index (χ3n) is 4.12. The van der Waals surface area contributed by atoms with Gasteiger partial charge in [-0.25, -0.2) is 8.42 Å². The number of thiophene rings is 1. The molecule has 0 aliphatic heterocycles. The van der Waals surface area contributed by atoms with Gasteiger partial charge in [-0.3, -0.25) is 4.79 Å². The SMILES string of the molecule is Cc1ccc([C@@H](NC(=O)CCc2cc(Br)cs2)[C@H](C)S(C)(=O)=O)cc1. The number of halogens is 1. The molecule has 0 bridgehead atoms. The summed E-state index contributed by atoms with van der Waals surface area (Å²) < 4.78 is 25.1. The highest BCUT2D eigenvalue weighted by Gasteiger charge is 2.28. The largest absolute Gasteiger partial charge is 0.348 e. The van der Waals surface area contributed by atoms with Crippen molar-refractivity contribution in [1.82, 2.24) is 5.32 Å². The monoisotopic (exact) mass is 443 g/mol. The molecule has 1 amide bonds. The number of nitrogens with one attached hydrogen (secondary N) is 1. The van der Waals surface area contributed by atoms with Crippen LogP contribution in [0.1, 0.15) is 35.4 Å². The van der Waals surface area contributed by atoms with Crippen LogP contribution in [0, 0.1) is 6.92 Å². The van der Waals surface area contributed by atoms with Gasteiger partial charge in [0, 0.05) is 27.4 Å². The molecule has 1 aromatic heterocycles. The lowest BCUT2D eigenvalue weighted by atomic mass is 10.0. The highest BCUT2D eigenvalue weighted by atomic mass is 79.9. The first-order valence-electron chi connectivity index (χ1n) is 7.94. The summed E-state index contributed by atoms with van der Waals surface area (Å²) in [4.78, 5) is 13.5. The maximum Gasteiger partial charge on any atom is 0.220 e. The third-order valence-corrected chi connectivity index (χ3v) is 7.50. The minimum Gasteiger partial charge on any atom is -0.348 e. The quantitative estimate of drug-likeness (QED) is 0.701. The molecule has 0 saturated heterocycles. The Hall–Kier alpha value is -1.18. The Bertz CT molecular complexity index is 828. The van der Waals surface area contributed by atoms with Crippen molar-refractivity contribution in [2.45, 2.75) is 38.0 Å². The molecule has 1 N–H and O–H groups in total. The van der Waals surface area contributed by atoms with Crippen LogP contribution in [0.25, 0.3) is 0 Å². The van der Waals surface area contributed by atoms with E-state index < -0.39 is 21.1 Å². The highest BCUT2D eigenvalue weighted by Crippen LogP contribution is 2.24. The van der Waals surface area contributed by atoms with Gasteiger partial charge in [-0.05, 0) is 47.8 Å². The Kier molecular flexibility index (Phi) is 6.82. The van der Waals surface area contributed by atoms with E-state index in [1.807, 2.05) is 42.6 Å². The van der Waals surface area contributed by atoms with Crippen molar-refractivity contribution in [2.75, 3.05) is 6.26 Å². The molecule has 0 radical (unpaired) electrons. The second-order valence-electron chi connectivity index (χ2n) is 6.22.